The second kappa shape index (κ2) is 6.62. The Morgan fingerprint density at radius 1 is 1.20 bits per heavy atom. The highest BCUT2D eigenvalue weighted by atomic mass is 16.5. The van der Waals surface area contributed by atoms with Gasteiger partial charge in [-0.3, -0.25) is 0 Å². The Hall–Kier alpha value is -1.74. The van der Waals surface area contributed by atoms with Crippen LogP contribution in [0.4, 0.5) is 0 Å². The minimum absolute atomic E-state index is 0.133. The predicted octanol–water partition coefficient (Wildman–Crippen LogP) is 4.07. The molecule has 0 aliphatic heterocycles. The molecule has 0 radical (unpaired) electrons. The molecule has 1 atom stereocenters. The van der Waals surface area contributed by atoms with E-state index in [9.17, 15) is 0 Å². The van der Waals surface area contributed by atoms with Gasteiger partial charge in [-0.25, -0.2) is 0 Å². The number of hydrogen-bond acceptors (Lipinski definition) is 3. The molecule has 3 nitrogen and oxygen atoms in total. The van der Waals surface area contributed by atoms with Crippen molar-refractivity contribution < 1.29 is 9.15 Å². The van der Waals surface area contributed by atoms with Gasteiger partial charge in [-0.05, 0) is 51.1 Å². The summed E-state index contributed by atoms with van der Waals surface area (Å²) in [6, 6.07) is 10.4. The highest BCUT2D eigenvalue weighted by molar-refractivity contribution is 5.36. The Balaban J connectivity index is 2.29. The van der Waals surface area contributed by atoms with Gasteiger partial charge >= 0.3 is 0 Å². The van der Waals surface area contributed by atoms with E-state index in [1.54, 1.807) is 0 Å². The highest BCUT2D eigenvalue weighted by Crippen LogP contribution is 2.27. The topological polar surface area (TPSA) is 34.4 Å². The van der Waals surface area contributed by atoms with Crippen molar-refractivity contribution in [3.05, 3.63) is 53.5 Å². The second-order valence-corrected chi connectivity index (χ2v) is 5.22. The number of furan rings is 1. The van der Waals surface area contributed by atoms with Gasteiger partial charge in [-0.15, -0.1) is 0 Å². The molecule has 20 heavy (non-hydrogen) atoms. The number of aryl methyl sites for hydroxylation is 1. The fraction of sp³-hybridized carbons (Fsp3) is 0.412. The lowest BCUT2D eigenvalue weighted by Gasteiger charge is -2.18. The SMILES string of the molecule is CCNC(c1cccc(OC(C)C)c1)c1coc(C)c1. The first kappa shape index (κ1) is 14.7. The molecule has 0 saturated carbocycles. The third-order valence-electron chi connectivity index (χ3n) is 3.06. The van der Waals surface area contributed by atoms with Gasteiger partial charge in [0.25, 0.3) is 0 Å². The quantitative estimate of drug-likeness (QED) is 0.861. The Morgan fingerprint density at radius 3 is 2.60 bits per heavy atom. The molecular weight excluding hydrogens is 250 g/mol. The van der Waals surface area contributed by atoms with Gasteiger partial charge in [0.05, 0.1) is 18.4 Å². The molecule has 0 bridgehead atoms. The fourth-order valence-corrected chi connectivity index (χ4v) is 2.29. The molecule has 1 N–H and O–H groups in total. The lowest BCUT2D eigenvalue weighted by molar-refractivity contribution is 0.242. The Labute approximate surface area is 121 Å². The van der Waals surface area contributed by atoms with Gasteiger partial charge < -0.3 is 14.5 Å². The molecule has 1 unspecified atom stereocenters. The van der Waals surface area contributed by atoms with Crippen LogP contribution in [0, 0.1) is 6.92 Å². The molecule has 0 saturated heterocycles. The number of hydrogen-bond donors (Lipinski definition) is 1. The number of ether oxygens (including phenoxy) is 1. The molecule has 108 valence electrons. The van der Waals surface area contributed by atoms with Crippen LogP contribution in [0.25, 0.3) is 0 Å². The molecule has 1 aromatic carbocycles. The zero-order valence-corrected chi connectivity index (χ0v) is 12.6. The Kier molecular flexibility index (Phi) is 4.85. The first-order chi connectivity index (χ1) is 9.60. The van der Waals surface area contributed by atoms with Crippen LogP contribution in [0.15, 0.2) is 41.0 Å². The summed E-state index contributed by atoms with van der Waals surface area (Å²) in [5, 5.41) is 3.49. The normalized spacial score (nSPS) is 12.7. The summed E-state index contributed by atoms with van der Waals surface area (Å²) in [7, 11) is 0. The summed E-state index contributed by atoms with van der Waals surface area (Å²) >= 11 is 0. The molecular formula is C17H23NO2. The fourth-order valence-electron chi connectivity index (χ4n) is 2.29. The van der Waals surface area contributed by atoms with E-state index in [0.29, 0.717) is 0 Å². The van der Waals surface area contributed by atoms with Crippen LogP contribution in [0.5, 0.6) is 5.75 Å². The number of nitrogens with one attached hydrogen (secondary N) is 1. The summed E-state index contributed by atoms with van der Waals surface area (Å²) in [5.41, 5.74) is 2.33. The molecule has 0 aliphatic rings. The van der Waals surface area contributed by atoms with Crippen LogP contribution in [-0.4, -0.2) is 12.6 Å². The minimum Gasteiger partial charge on any atom is -0.491 e. The lowest BCUT2D eigenvalue weighted by atomic mass is 10.0. The Morgan fingerprint density at radius 2 is 2.00 bits per heavy atom. The van der Waals surface area contributed by atoms with Crippen LogP contribution in [0.3, 0.4) is 0 Å². The van der Waals surface area contributed by atoms with E-state index in [4.69, 9.17) is 9.15 Å². The molecule has 1 aromatic heterocycles. The average molecular weight is 273 g/mol. The highest BCUT2D eigenvalue weighted by Gasteiger charge is 2.15. The summed E-state index contributed by atoms with van der Waals surface area (Å²) in [4.78, 5) is 0. The van der Waals surface area contributed by atoms with Gasteiger partial charge in [-0.2, -0.15) is 0 Å². The van der Waals surface area contributed by atoms with Gasteiger partial charge in [-0.1, -0.05) is 19.1 Å². The van der Waals surface area contributed by atoms with Crippen molar-refractivity contribution in [3.63, 3.8) is 0 Å². The smallest absolute Gasteiger partial charge is 0.120 e. The zero-order chi connectivity index (χ0) is 14.5. The van der Waals surface area contributed by atoms with Crippen LogP contribution in [0.1, 0.15) is 43.7 Å². The summed E-state index contributed by atoms with van der Waals surface area (Å²) in [5.74, 6) is 1.83. The molecule has 0 fully saturated rings. The largest absolute Gasteiger partial charge is 0.491 e. The molecule has 1 heterocycles. The van der Waals surface area contributed by atoms with Crippen LogP contribution >= 0.6 is 0 Å². The number of benzene rings is 1. The summed E-state index contributed by atoms with van der Waals surface area (Å²) in [6.45, 7) is 9.03. The van der Waals surface area contributed by atoms with Crippen molar-refractivity contribution in [1.82, 2.24) is 5.32 Å². The van der Waals surface area contributed by atoms with Crippen molar-refractivity contribution in [2.75, 3.05) is 6.54 Å². The van der Waals surface area contributed by atoms with E-state index in [1.807, 2.05) is 39.2 Å². The van der Waals surface area contributed by atoms with Gasteiger partial charge in [0.1, 0.15) is 11.5 Å². The maximum atomic E-state index is 5.77. The van der Waals surface area contributed by atoms with Crippen molar-refractivity contribution >= 4 is 0 Å². The van der Waals surface area contributed by atoms with Crippen LogP contribution < -0.4 is 10.1 Å². The van der Waals surface area contributed by atoms with E-state index in [-0.39, 0.29) is 12.1 Å². The van der Waals surface area contributed by atoms with E-state index in [1.165, 1.54) is 5.56 Å². The third kappa shape index (κ3) is 3.64. The van der Waals surface area contributed by atoms with Crippen molar-refractivity contribution in [1.29, 1.82) is 0 Å². The number of rotatable bonds is 6. The molecule has 0 amide bonds. The predicted molar refractivity (Wildman–Crippen MR) is 81.2 cm³/mol. The maximum Gasteiger partial charge on any atom is 0.120 e. The summed E-state index contributed by atoms with van der Waals surface area (Å²) in [6.07, 6.45) is 2.00. The lowest BCUT2D eigenvalue weighted by Crippen LogP contribution is -2.21. The van der Waals surface area contributed by atoms with Gasteiger partial charge in [0.15, 0.2) is 0 Å². The zero-order valence-electron chi connectivity index (χ0n) is 12.6. The van der Waals surface area contributed by atoms with E-state index < -0.39 is 0 Å². The van der Waals surface area contributed by atoms with Crippen LogP contribution in [0.2, 0.25) is 0 Å². The van der Waals surface area contributed by atoms with Crippen molar-refractivity contribution in [2.24, 2.45) is 0 Å². The first-order valence-corrected chi connectivity index (χ1v) is 7.15. The molecule has 2 aromatic rings. The monoisotopic (exact) mass is 273 g/mol. The minimum atomic E-state index is 0.133. The van der Waals surface area contributed by atoms with Crippen molar-refractivity contribution in [2.45, 2.75) is 39.8 Å². The van der Waals surface area contributed by atoms with Crippen molar-refractivity contribution in [3.8, 4) is 5.75 Å². The van der Waals surface area contributed by atoms with E-state index in [0.717, 1.165) is 23.6 Å². The molecule has 0 aliphatic carbocycles. The Bertz CT molecular complexity index is 545. The van der Waals surface area contributed by atoms with Crippen LogP contribution in [-0.2, 0) is 0 Å². The third-order valence-corrected chi connectivity index (χ3v) is 3.06. The molecule has 3 heteroatoms. The second-order valence-electron chi connectivity index (χ2n) is 5.22. The van der Waals surface area contributed by atoms with Gasteiger partial charge in [0.2, 0.25) is 0 Å². The van der Waals surface area contributed by atoms with E-state index in [2.05, 4.69) is 30.4 Å². The molecule has 0 spiro atoms. The first-order valence-electron chi connectivity index (χ1n) is 7.15. The maximum absolute atomic E-state index is 5.77. The standard InChI is InChI=1S/C17H23NO2/c1-5-18-17(15-9-13(4)19-11-15)14-7-6-8-16(10-14)20-12(2)3/h6-12,17-18H,5H2,1-4H3. The average Bonchev–Trinajstić information content (AvgIpc) is 2.82. The molecule has 2 rings (SSSR count). The summed E-state index contributed by atoms with van der Waals surface area (Å²) < 4.78 is 11.2. The van der Waals surface area contributed by atoms with E-state index >= 15 is 0 Å². The van der Waals surface area contributed by atoms with Gasteiger partial charge in [0, 0.05) is 5.56 Å².